The van der Waals surface area contributed by atoms with Crippen molar-refractivity contribution < 1.29 is 4.42 Å². The Bertz CT molecular complexity index is 511. The largest absolute Gasteiger partial charge is 0.469 e. The molecule has 0 aromatic carbocycles. The Balaban J connectivity index is 2.03. The minimum atomic E-state index is 0.798. The summed E-state index contributed by atoms with van der Waals surface area (Å²) in [6.07, 6.45) is 6.18. The second kappa shape index (κ2) is 7.53. The van der Waals surface area contributed by atoms with Gasteiger partial charge in [0.25, 0.3) is 0 Å². The van der Waals surface area contributed by atoms with E-state index in [4.69, 9.17) is 4.42 Å². The van der Waals surface area contributed by atoms with Gasteiger partial charge in [0.1, 0.15) is 23.7 Å². The van der Waals surface area contributed by atoms with Gasteiger partial charge in [0, 0.05) is 25.1 Å². The SMILES string of the molecule is CCCc1c(NCC)ncnc1NCCc1ccco1. The van der Waals surface area contributed by atoms with Crippen molar-refractivity contribution in [2.24, 2.45) is 0 Å². The van der Waals surface area contributed by atoms with Crippen molar-refractivity contribution in [3.63, 3.8) is 0 Å². The maximum absolute atomic E-state index is 5.33. The molecule has 0 aliphatic carbocycles. The van der Waals surface area contributed by atoms with Crippen LogP contribution in [0, 0.1) is 0 Å². The maximum Gasteiger partial charge on any atom is 0.134 e. The van der Waals surface area contributed by atoms with Crippen LogP contribution in [0.5, 0.6) is 0 Å². The molecule has 0 radical (unpaired) electrons. The summed E-state index contributed by atoms with van der Waals surface area (Å²) >= 11 is 0. The summed E-state index contributed by atoms with van der Waals surface area (Å²) in [6.45, 7) is 5.89. The van der Waals surface area contributed by atoms with E-state index >= 15 is 0 Å². The van der Waals surface area contributed by atoms with Gasteiger partial charge in [0.2, 0.25) is 0 Å². The molecule has 0 unspecified atom stereocenters. The van der Waals surface area contributed by atoms with Crippen molar-refractivity contribution in [3.8, 4) is 0 Å². The zero-order chi connectivity index (χ0) is 14.2. The van der Waals surface area contributed by atoms with Crippen molar-refractivity contribution in [3.05, 3.63) is 36.0 Å². The standard InChI is InChI=1S/C15H22N4O/c1-3-6-13-14(16-4-2)18-11-19-15(13)17-9-8-12-7-5-10-20-12/h5,7,10-11H,3-4,6,8-9H2,1-2H3,(H2,16,17,18,19). The minimum Gasteiger partial charge on any atom is -0.469 e. The first kappa shape index (κ1) is 14.4. The van der Waals surface area contributed by atoms with Gasteiger partial charge in [-0.25, -0.2) is 9.97 Å². The first-order valence-corrected chi connectivity index (χ1v) is 7.19. The van der Waals surface area contributed by atoms with E-state index in [9.17, 15) is 0 Å². The molecule has 0 aliphatic rings. The smallest absolute Gasteiger partial charge is 0.134 e. The number of nitrogens with one attached hydrogen (secondary N) is 2. The Morgan fingerprint density at radius 3 is 2.55 bits per heavy atom. The van der Waals surface area contributed by atoms with E-state index in [1.165, 1.54) is 0 Å². The van der Waals surface area contributed by atoms with Crippen LogP contribution in [-0.4, -0.2) is 23.1 Å². The predicted molar refractivity (Wildman–Crippen MR) is 81.1 cm³/mol. The molecule has 0 saturated carbocycles. The van der Waals surface area contributed by atoms with Crippen molar-refractivity contribution in [2.45, 2.75) is 33.1 Å². The minimum absolute atomic E-state index is 0.798. The van der Waals surface area contributed by atoms with Crippen LogP contribution < -0.4 is 10.6 Å². The quantitative estimate of drug-likeness (QED) is 0.774. The van der Waals surface area contributed by atoms with Gasteiger partial charge < -0.3 is 15.1 Å². The Morgan fingerprint density at radius 1 is 1.10 bits per heavy atom. The Hall–Kier alpha value is -2.04. The van der Waals surface area contributed by atoms with Gasteiger partial charge in [-0.05, 0) is 25.5 Å². The third-order valence-electron chi connectivity index (χ3n) is 3.03. The van der Waals surface area contributed by atoms with E-state index < -0.39 is 0 Å². The zero-order valence-corrected chi connectivity index (χ0v) is 12.1. The lowest BCUT2D eigenvalue weighted by atomic mass is 10.1. The lowest BCUT2D eigenvalue weighted by Crippen LogP contribution is -2.12. The van der Waals surface area contributed by atoms with Crippen LogP contribution in [0.15, 0.2) is 29.1 Å². The third kappa shape index (κ3) is 3.73. The normalized spacial score (nSPS) is 10.5. The number of rotatable bonds is 8. The average molecular weight is 274 g/mol. The van der Waals surface area contributed by atoms with E-state index in [2.05, 4.69) is 34.4 Å². The van der Waals surface area contributed by atoms with Crippen molar-refractivity contribution in [2.75, 3.05) is 23.7 Å². The number of furan rings is 1. The number of hydrogen-bond donors (Lipinski definition) is 2. The Kier molecular flexibility index (Phi) is 5.41. The molecular formula is C15H22N4O. The molecular weight excluding hydrogens is 252 g/mol. The van der Waals surface area contributed by atoms with Gasteiger partial charge in [0.05, 0.1) is 6.26 Å². The summed E-state index contributed by atoms with van der Waals surface area (Å²) in [5, 5.41) is 6.68. The van der Waals surface area contributed by atoms with Gasteiger partial charge in [-0.2, -0.15) is 0 Å². The molecule has 0 atom stereocenters. The van der Waals surface area contributed by atoms with E-state index in [1.54, 1.807) is 12.6 Å². The second-order valence-electron chi connectivity index (χ2n) is 4.59. The second-order valence-corrected chi connectivity index (χ2v) is 4.59. The number of aromatic nitrogens is 2. The van der Waals surface area contributed by atoms with Crippen LogP contribution in [0.3, 0.4) is 0 Å². The summed E-state index contributed by atoms with van der Waals surface area (Å²) in [5.74, 6) is 2.84. The molecule has 0 spiro atoms. The highest BCUT2D eigenvalue weighted by Gasteiger charge is 2.09. The van der Waals surface area contributed by atoms with E-state index in [-0.39, 0.29) is 0 Å². The molecule has 20 heavy (non-hydrogen) atoms. The maximum atomic E-state index is 5.33. The Morgan fingerprint density at radius 2 is 1.90 bits per heavy atom. The summed E-state index contributed by atoms with van der Waals surface area (Å²) < 4.78 is 5.33. The number of anilines is 2. The Labute approximate surface area is 119 Å². The van der Waals surface area contributed by atoms with Crippen molar-refractivity contribution >= 4 is 11.6 Å². The molecule has 2 aromatic heterocycles. The average Bonchev–Trinajstić information content (AvgIpc) is 2.96. The monoisotopic (exact) mass is 274 g/mol. The van der Waals surface area contributed by atoms with E-state index in [0.29, 0.717) is 0 Å². The molecule has 2 heterocycles. The predicted octanol–water partition coefficient (Wildman–Crippen LogP) is 3.11. The van der Waals surface area contributed by atoms with Crippen molar-refractivity contribution in [1.82, 2.24) is 9.97 Å². The molecule has 2 aromatic rings. The van der Waals surface area contributed by atoms with Gasteiger partial charge in [-0.3, -0.25) is 0 Å². The highest BCUT2D eigenvalue weighted by molar-refractivity contribution is 5.57. The lowest BCUT2D eigenvalue weighted by molar-refractivity contribution is 0.513. The fourth-order valence-electron chi connectivity index (χ4n) is 2.13. The van der Waals surface area contributed by atoms with Crippen LogP contribution in [0.4, 0.5) is 11.6 Å². The summed E-state index contributed by atoms with van der Waals surface area (Å²) in [4.78, 5) is 8.69. The molecule has 5 nitrogen and oxygen atoms in total. The first-order valence-electron chi connectivity index (χ1n) is 7.19. The van der Waals surface area contributed by atoms with Crippen LogP contribution in [0.25, 0.3) is 0 Å². The topological polar surface area (TPSA) is 63.0 Å². The summed E-state index contributed by atoms with van der Waals surface area (Å²) in [6, 6.07) is 3.89. The molecule has 0 amide bonds. The highest BCUT2D eigenvalue weighted by Crippen LogP contribution is 2.21. The van der Waals surface area contributed by atoms with Gasteiger partial charge >= 0.3 is 0 Å². The molecule has 0 fully saturated rings. The van der Waals surface area contributed by atoms with Gasteiger partial charge in [-0.1, -0.05) is 13.3 Å². The summed E-state index contributed by atoms with van der Waals surface area (Å²) in [5.41, 5.74) is 1.16. The van der Waals surface area contributed by atoms with Gasteiger partial charge in [-0.15, -0.1) is 0 Å². The fourth-order valence-corrected chi connectivity index (χ4v) is 2.13. The first-order chi connectivity index (χ1) is 9.85. The molecule has 0 bridgehead atoms. The van der Waals surface area contributed by atoms with E-state index in [1.807, 2.05) is 12.1 Å². The third-order valence-corrected chi connectivity index (χ3v) is 3.03. The molecule has 108 valence electrons. The zero-order valence-electron chi connectivity index (χ0n) is 12.1. The molecule has 5 heteroatoms. The van der Waals surface area contributed by atoms with Crippen molar-refractivity contribution in [1.29, 1.82) is 0 Å². The molecule has 0 aliphatic heterocycles. The summed E-state index contributed by atoms with van der Waals surface area (Å²) in [7, 11) is 0. The van der Waals surface area contributed by atoms with Crippen LogP contribution in [-0.2, 0) is 12.8 Å². The van der Waals surface area contributed by atoms with Gasteiger partial charge in [0.15, 0.2) is 0 Å². The van der Waals surface area contributed by atoms with E-state index in [0.717, 1.165) is 55.3 Å². The number of hydrogen-bond acceptors (Lipinski definition) is 5. The molecule has 2 rings (SSSR count). The molecule has 0 saturated heterocycles. The van der Waals surface area contributed by atoms with Crippen LogP contribution in [0.2, 0.25) is 0 Å². The van der Waals surface area contributed by atoms with Crippen LogP contribution in [0.1, 0.15) is 31.6 Å². The highest BCUT2D eigenvalue weighted by atomic mass is 16.3. The number of nitrogens with zero attached hydrogens (tertiary/aromatic N) is 2. The lowest BCUT2D eigenvalue weighted by Gasteiger charge is -2.14. The molecule has 2 N–H and O–H groups in total. The van der Waals surface area contributed by atoms with Crippen LogP contribution >= 0.6 is 0 Å². The fraction of sp³-hybridized carbons (Fsp3) is 0.467.